The van der Waals surface area contributed by atoms with Crippen LogP contribution in [-0.2, 0) is 17.8 Å². The van der Waals surface area contributed by atoms with Crippen molar-refractivity contribution in [3.05, 3.63) is 71.9 Å². The summed E-state index contributed by atoms with van der Waals surface area (Å²) in [7, 11) is 1.46. The van der Waals surface area contributed by atoms with E-state index >= 15 is 0 Å². The normalized spacial score (nSPS) is 11.1. The second kappa shape index (κ2) is 9.82. The largest absolute Gasteiger partial charge is 0.351 e. The minimum absolute atomic E-state index is 0.0847. The van der Waals surface area contributed by atoms with Crippen LogP contribution in [0.15, 0.2) is 59.2 Å². The standard InChI is InChI=1S/C18H20N4O3/c1-19-17(24)18-21-15(22-25-18)13-20-16(23)12-8-3-2-5-9-14-10-6-4-7-11-14/h2-4,6-8,10-12H,5,9,13H2,1H3,(H,19,24)(H,20,23)/b3-2+,12-8+. The Morgan fingerprint density at radius 1 is 1.20 bits per heavy atom. The first-order chi connectivity index (χ1) is 12.2. The molecule has 1 aromatic heterocycles. The van der Waals surface area contributed by atoms with Gasteiger partial charge in [0, 0.05) is 13.1 Å². The zero-order valence-electron chi connectivity index (χ0n) is 13.9. The molecule has 0 unspecified atom stereocenters. The molecule has 2 amide bonds. The van der Waals surface area contributed by atoms with Gasteiger partial charge in [-0.3, -0.25) is 9.59 Å². The maximum atomic E-state index is 11.7. The van der Waals surface area contributed by atoms with Crippen LogP contribution < -0.4 is 10.6 Å². The van der Waals surface area contributed by atoms with Gasteiger partial charge in [-0.1, -0.05) is 53.7 Å². The van der Waals surface area contributed by atoms with Crippen LogP contribution >= 0.6 is 0 Å². The SMILES string of the molecule is CNC(=O)c1nc(CNC(=O)/C=C/C=C/CCc2ccccc2)no1. The topological polar surface area (TPSA) is 97.1 Å². The van der Waals surface area contributed by atoms with Gasteiger partial charge in [0.1, 0.15) is 0 Å². The summed E-state index contributed by atoms with van der Waals surface area (Å²) in [6, 6.07) is 10.2. The highest BCUT2D eigenvalue weighted by atomic mass is 16.5. The fraction of sp³-hybridized carbons (Fsp3) is 0.222. The Hall–Kier alpha value is -3.22. The maximum Gasteiger partial charge on any atom is 0.315 e. The van der Waals surface area contributed by atoms with E-state index in [4.69, 9.17) is 4.52 Å². The number of carbonyl (C=O) groups is 2. The number of hydrogen-bond donors (Lipinski definition) is 2. The molecule has 0 spiro atoms. The molecule has 2 rings (SSSR count). The summed E-state index contributed by atoms with van der Waals surface area (Å²) in [6.45, 7) is 0.0847. The molecule has 25 heavy (non-hydrogen) atoms. The number of rotatable bonds is 8. The molecule has 0 fully saturated rings. The molecule has 0 aliphatic rings. The Balaban J connectivity index is 1.67. The number of amides is 2. The first-order valence-corrected chi connectivity index (χ1v) is 7.88. The molecule has 7 heteroatoms. The number of carbonyl (C=O) groups excluding carboxylic acids is 2. The van der Waals surface area contributed by atoms with Gasteiger partial charge in [-0.15, -0.1) is 0 Å². The predicted octanol–water partition coefficient (Wildman–Crippen LogP) is 1.79. The number of nitrogens with one attached hydrogen (secondary N) is 2. The van der Waals surface area contributed by atoms with Crippen LogP contribution in [0.4, 0.5) is 0 Å². The molecule has 130 valence electrons. The lowest BCUT2D eigenvalue weighted by Gasteiger charge is -1.96. The fourth-order valence-electron chi connectivity index (χ4n) is 1.96. The average Bonchev–Trinajstić information content (AvgIpc) is 3.12. The molecule has 0 saturated heterocycles. The van der Waals surface area contributed by atoms with Crippen molar-refractivity contribution in [2.45, 2.75) is 19.4 Å². The third-order valence-electron chi connectivity index (χ3n) is 3.25. The summed E-state index contributed by atoms with van der Waals surface area (Å²) in [5.41, 5.74) is 1.28. The first-order valence-electron chi connectivity index (χ1n) is 7.88. The van der Waals surface area contributed by atoms with Crippen LogP contribution in [0.5, 0.6) is 0 Å². The zero-order valence-corrected chi connectivity index (χ0v) is 13.9. The third kappa shape index (κ3) is 6.42. The number of aryl methyl sites for hydroxylation is 1. The lowest BCUT2D eigenvalue weighted by Crippen LogP contribution is -2.21. The highest BCUT2D eigenvalue weighted by Gasteiger charge is 2.13. The lowest BCUT2D eigenvalue weighted by atomic mass is 10.1. The fourth-order valence-corrected chi connectivity index (χ4v) is 1.96. The van der Waals surface area contributed by atoms with Crippen molar-refractivity contribution in [3.63, 3.8) is 0 Å². The summed E-state index contributed by atoms with van der Waals surface area (Å²) in [4.78, 5) is 26.8. The van der Waals surface area contributed by atoms with E-state index in [9.17, 15) is 9.59 Å². The van der Waals surface area contributed by atoms with Gasteiger partial charge in [0.05, 0.1) is 6.54 Å². The average molecular weight is 340 g/mol. The Kier molecular flexibility index (Phi) is 7.12. The van der Waals surface area contributed by atoms with Gasteiger partial charge in [-0.2, -0.15) is 4.98 Å². The van der Waals surface area contributed by atoms with E-state index in [1.54, 1.807) is 6.08 Å². The van der Waals surface area contributed by atoms with Crippen molar-refractivity contribution in [1.82, 2.24) is 20.8 Å². The first kappa shape index (κ1) is 18.1. The minimum Gasteiger partial charge on any atom is -0.351 e. The summed E-state index contributed by atoms with van der Waals surface area (Å²) >= 11 is 0. The predicted molar refractivity (Wildman–Crippen MR) is 92.6 cm³/mol. The number of hydrogen-bond acceptors (Lipinski definition) is 5. The molecule has 0 radical (unpaired) electrons. The van der Waals surface area contributed by atoms with Crippen molar-refractivity contribution in [2.75, 3.05) is 7.05 Å². The molecular weight excluding hydrogens is 320 g/mol. The molecule has 2 N–H and O–H groups in total. The number of nitrogens with zero attached hydrogens (tertiary/aromatic N) is 2. The van der Waals surface area contributed by atoms with Crippen LogP contribution in [0.25, 0.3) is 0 Å². The second-order valence-electron chi connectivity index (χ2n) is 5.12. The number of benzene rings is 1. The van der Waals surface area contributed by atoms with E-state index < -0.39 is 5.91 Å². The molecule has 7 nitrogen and oxygen atoms in total. The van der Waals surface area contributed by atoms with E-state index in [0.717, 1.165) is 12.8 Å². The molecule has 0 aliphatic carbocycles. The van der Waals surface area contributed by atoms with Crippen LogP contribution in [0.2, 0.25) is 0 Å². The molecule has 2 aromatic rings. The van der Waals surface area contributed by atoms with Crippen LogP contribution in [0.3, 0.4) is 0 Å². The van der Waals surface area contributed by atoms with E-state index in [2.05, 4.69) is 32.9 Å². The smallest absolute Gasteiger partial charge is 0.315 e. The van der Waals surface area contributed by atoms with Gasteiger partial charge in [0.15, 0.2) is 5.82 Å². The van der Waals surface area contributed by atoms with E-state index in [1.165, 1.54) is 18.7 Å². The minimum atomic E-state index is -0.467. The third-order valence-corrected chi connectivity index (χ3v) is 3.25. The van der Waals surface area contributed by atoms with Crippen LogP contribution in [0.1, 0.15) is 28.5 Å². The Morgan fingerprint density at radius 3 is 2.76 bits per heavy atom. The van der Waals surface area contributed by atoms with Crippen molar-refractivity contribution in [2.24, 2.45) is 0 Å². The van der Waals surface area contributed by atoms with E-state index in [-0.39, 0.29) is 24.2 Å². The number of allylic oxidation sites excluding steroid dienone is 3. The van der Waals surface area contributed by atoms with Gasteiger partial charge in [0.25, 0.3) is 0 Å². The Labute approximate surface area is 145 Å². The van der Waals surface area contributed by atoms with Gasteiger partial charge in [-0.05, 0) is 18.4 Å². The van der Waals surface area contributed by atoms with Crippen molar-refractivity contribution >= 4 is 11.8 Å². The summed E-state index contributed by atoms with van der Waals surface area (Å²) < 4.78 is 4.76. The van der Waals surface area contributed by atoms with Gasteiger partial charge < -0.3 is 15.2 Å². The highest BCUT2D eigenvalue weighted by molar-refractivity contribution is 5.89. The highest BCUT2D eigenvalue weighted by Crippen LogP contribution is 2.02. The Bertz CT molecular complexity index is 751. The summed E-state index contributed by atoms with van der Waals surface area (Å²) in [6.07, 6.45) is 8.79. The van der Waals surface area contributed by atoms with Crippen LogP contribution in [0, 0.1) is 0 Å². The summed E-state index contributed by atoms with van der Waals surface area (Å²) in [5.74, 6) is -0.646. The second-order valence-corrected chi connectivity index (χ2v) is 5.12. The lowest BCUT2D eigenvalue weighted by molar-refractivity contribution is -0.116. The molecule has 1 heterocycles. The van der Waals surface area contributed by atoms with E-state index in [0.29, 0.717) is 0 Å². The van der Waals surface area contributed by atoms with Gasteiger partial charge in [-0.25, -0.2) is 0 Å². The van der Waals surface area contributed by atoms with Crippen molar-refractivity contribution < 1.29 is 14.1 Å². The molecule has 0 atom stereocenters. The zero-order chi connectivity index (χ0) is 17.9. The number of aromatic nitrogens is 2. The van der Waals surface area contributed by atoms with Crippen LogP contribution in [-0.4, -0.2) is 29.0 Å². The molecule has 0 saturated carbocycles. The molecule has 0 aliphatic heterocycles. The van der Waals surface area contributed by atoms with Crippen molar-refractivity contribution in [3.8, 4) is 0 Å². The van der Waals surface area contributed by atoms with Gasteiger partial charge in [0.2, 0.25) is 5.91 Å². The van der Waals surface area contributed by atoms with Gasteiger partial charge >= 0.3 is 11.8 Å². The summed E-state index contributed by atoms with van der Waals surface area (Å²) in [5, 5.41) is 8.59. The molecule has 1 aromatic carbocycles. The van der Waals surface area contributed by atoms with Crippen molar-refractivity contribution in [1.29, 1.82) is 0 Å². The monoisotopic (exact) mass is 340 g/mol. The maximum absolute atomic E-state index is 11.7. The quantitative estimate of drug-likeness (QED) is 0.564. The molecule has 0 bridgehead atoms. The van der Waals surface area contributed by atoms with E-state index in [1.807, 2.05) is 30.4 Å². The molecular formula is C18H20N4O3. The Morgan fingerprint density at radius 2 is 2.00 bits per heavy atom.